The number of nitrogens with one attached hydrogen (secondary N) is 1. The molecule has 178 valence electrons. The first-order valence-corrected chi connectivity index (χ1v) is 11.2. The fourth-order valence-electron chi connectivity index (χ4n) is 3.96. The van der Waals surface area contributed by atoms with Crippen LogP contribution < -0.4 is 16.6 Å². The normalized spacial score (nSPS) is 19.0. The van der Waals surface area contributed by atoms with Gasteiger partial charge in [-0.2, -0.15) is 4.52 Å². The molecule has 0 radical (unpaired) electrons. The van der Waals surface area contributed by atoms with Crippen molar-refractivity contribution < 1.29 is 19.4 Å². The van der Waals surface area contributed by atoms with Crippen LogP contribution in [-0.2, 0) is 16.1 Å². The molecule has 2 fully saturated rings. The van der Waals surface area contributed by atoms with Crippen LogP contribution in [0.25, 0.3) is 11.7 Å². The molecule has 4 N–H and O–H groups in total. The highest BCUT2D eigenvalue weighted by Gasteiger charge is 2.30. The maximum atomic E-state index is 13.3. The van der Waals surface area contributed by atoms with Crippen molar-refractivity contribution >= 4 is 29.4 Å². The molecule has 1 aliphatic carbocycles. The van der Waals surface area contributed by atoms with Crippen molar-refractivity contribution in [2.24, 2.45) is 5.92 Å². The van der Waals surface area contributed by atoms with E-state index in [9.17, 15) is 19.5 Å². The van der Waals surface area contributed by atoms with Crippen LogP contribution in [0.1, 0.15) is 49.5 Å². The Kier molecular flexibility index (Phi) is 6.15. The summed E-state index contributed by atoms with van der Waals surface area (Å²) in [6.07, 6.45) is 4.56. The molecule has 11 nitrogen and oxygen atoms in total. The molecule has 2 aliphatic rings. The first-order valence-electron chi connectivity index (χ1n) is 11.2. The predicted molar refractivity (Wildman–Crippen MR) is 122 cm³/mol. The summed E-state index contributed by atoms with van der Waals surface area (Å²) in [7, 11) is 0. The number of aromatic nitrogens is 3. The van der Waals surface area contributed by atoms with Gasteiger partial charge in [0, 0.05) is 25.2 Å². The second kappa shape index (κ2) is 8.89. The summed E-state index contributed by atoms with van der Waals surface area (Å²) in [5, 5.41) is 17.7. The molecule has 33 heavy (non-hydrogen) atoms. The molecule has 1 saturated carbocycles. The number of anilines is 1. The molecule has 1 atom stereocenters. The van der Waals surface area contributed by atoms with E-state index in [1.807, 2.05) is 20.8 Å². The Bertz CT molecular complexity index is 1180. The molecule has 0 aromatic carbocycles. The Morgan fingerprint density at radius 1 is 1.36 bits per heavy atom. The van der Waals surface area contributed by atoms with Gasteiger partial charge in [0.15, 0.2) is 17.0 Å². The number of hydrogen-bond donors (Lipinski definition) is 3. The van der Waals surface area contributed by atoms with Gasteiger partial charge in [-0.25, -0.2) is 0 Å². The Balaban J connectivity index is 1.80. The number of nitrogen functional groups attached to an aromatic ring is 1. The van der Waals surface area contributed by atoms with Crippen molar-refractivity contribution in [1.82, 2.24) is 24.4 Å². The van der Waals surface area contributed by atoms with E-state index in [4.69, 9.17) is 10.5 Å². The number of nitrogens with two attached hydrogens (primary N) is 1. The van der Waals surface area contributed by atoms with Gasteiger partial charge in [0.2, 0.25) is 11.8 Å². The molecular weight excluding hydrogens is 428 g/mol. The van der Waals surface area contributed by atoms with Gasteiger partial charge in [-0.3, -0.25) is 19.0 Å². The maximum Gasteiger partial charge on any atom is 0.270 e. The number of aromatic hydroxyl groups is 1. The number of rotatable bonds is 6. The molecule has 0 bridgehead atoms. The summed E-state index contributed by atoms with van der Waals surface area (Å²) in [6.45, 7) is 7.44. The Morgan fingerprint density at radius 2 is 2.09 bits per heavy atom. The molecule has 0 spiro atoms. The minimum atomic E-state index is -0.637. The molecule has 2 amide bonds. The fraction of sp³-hybridized carbons (Fsp3) is 0.545. The highest BCUT2D eigenvalue weighted by atomic mass is 16.5. The van der Waals surface area contributed by atoms with Crippen LogP contribution in [0.2, 0.25) is 0 Å². The van der Waals surface area contributed by atoms with Crippen molar-refractivity contribution in [2.45, 2.75) is 52.2 Å². The topological polar surface area (TPSA) is 144 Å². The molecule has 11 heteroatoms. The first-order chi connectivity index (χ1) is 15.7. The molecule has 1 aliphatic heterocycles. The van der Waals surface area contributed by atoms with E-state index in [2.05, 4.69) is 10.4 Å². The number of fused-ring (bicyclic) bond motifs is 1. The van der Waals surface area contributed by atoms with Gasteiger partial charge in [-0.05, 0) is 31.8 Å². The number of nitrogens with zero attached hydrogens (tertiary/aromatic N) is 4. The van der Waals surface area contributed by atoms with Gasteiger partial charge in [0.05, 0.1) is 24.8 Å². The minimum Gasteiger partial charge on any atom is -0.492 e. The van der Waals surface area contributed by atoms with Crippen molar-refractivity contribution in [3.8, 4) is 5.88 Å². The largest absolute Gasteiger partial charge is 0.492 e. The SMILES string of the molecule is CC(C)Cn1c(=O)c(C(=O)NC2CC2)c(O)n2nc(N)c(/C=C/C(=O)N3CCOC[C@@H]3C)c12. The van der Waals surface area contributed by atoms with E-state index in [0.717, 1.165) is 17.4 Å². The highest BCUT2D eigenvalue weighted by molar-refractivity contribution is 5.97. The lowest BCUT2D eigenvalue weighted by atomic mass is 10.2. The van der Waals surface area contributed by atoms with Gasteiger partial charge < -0.3 is 25.8 Å². The van der Waals surface area contributed by atoms with Crippen LogP contribution >= 0.6 is 0 Å². The van der Waals surface area contributed by atoms with E-state index in [-0.39, 0.29) is 47.5 Å². The summed E-state index contributed by atoms with van der Waals surface area (Å²) in [5.74, 6) is -1.35. The second-order valence-corrected chi connectivity index (χ2v) is 9.08. The van der Waals surface area contributed by atoms with Crippen molar-refractivity contribution in [3.05, 3.63) is 27.6 Å². The predicted octanol–water partition coefficient (Wildman–Crippen LogP) is 0.593. The van der Waals surface area contributed by atoms with Crippen LogP contribution in [0, 0.1) is 5.92 Å². The zero-order chi connectivity index (χ0) is 23.9. The molecule has 2 aromatic heterocycles. The summed E-state index contributed by atoms with van der Waals surface area (Å²) in [6, 6.07) is -0.0480. The highest BCUT2D eigenvalue weighted by Crippen LogP contribution is 2.26. The zero-order valence-corrected chi connectivity index (χ0v) is 19.1. The Labute approximate surface area is 190 Å². The van der Waals surface area contributed by atoms with Crippen molar-refractivity contribution in [3.63, 3.8) is 0 Å². The monoisotopic (exact) mass is 458 g/mol. The lowest BCUT2D eigenvalue weighted by Crippen LogP contribution is -2.46. The van der Waals surface area contributed by atoms with E-state index in [1.165, 1.54) is 16.7 Å². The fourth-order valence-corrected chi connectivity index (χ4v) is 3.96. The number of carbonyl (C=O) groups excluding carboxylic acids is 2. The van der Waals surface area contributed by atoms with Crippen molar-refractivity contribution in [2.75, 3.05) is 25.5 Å². The van der Waals surface area contributed by atoms with E-state index >= 15 is 0 Å². The smallest absolute Gasteiger partial charge is 0.270 e. The second-order valence-electron chi connectivity index (χ2n) is 9.08. The summed E-state index contributed by atoms with van der Waals surface area (Å²) in [4.78, 5) is 40.5. The zero-order valence-electron chi connectivity index (χ0n) is 19.1. The van der Waals surface area contributed by atoms with Crippen LogP contribution in [0.3, 0.4) is 0 Å². The van der Waals surface area contributed by atoms with E-state index < -0.39 is 17.3 Å². The number of hydrogen-bond acceptors (Lipinski definition) is 7. The third-order valence-corrected chi connectivity index (χ3v) is 5.79. The molecule has 2 aromatic rings. The van der Waals surface area contributed by atoms with E-state index in [0.29, 0.717) is 25.3 Å². The van der Waals surface area contributed by atoms with Crippen LogP contribution in [0.4, 0.5) is 5.82 Å². The molecular formula is C22H30N6O5. The van der Waals surface area contributed by atoms with E-state index in [1.54, 1.807) is 4.90 Å². The summed E-state index contributed by atoms with van der Waals surface area (Å²) >= 11 is 0. The van der Waals surface area contributed by atoms with Gasteiger partial charge in [-0.15, -0.1) is 5.10 Å². The average Bonchev–Trinajstić information content (AvgIpc) is 3.50. The molecule has 0 unspecified atom stereocenters. The Hall–Kier alpha value is -3.34. The van der Waals surface area contributed by atoms with Crippen LogP contribution in [0.15, 0.2) is 10.9 Å². The molecule has 4 rings (SSSR count). The quantitative estimate of drug-likeness (QED) is 0.538. The number of morpholine rings is 1. The number of amides is 2. The lowest BCUT2D eigenvalue weighted by molar-refractivity contribution is -0.133. The van der Waals surface area contributed by atoms with Gasteiger partial charge in [0.25, 0.3) is 11.5 Å². The van der Waals surface area contributed by atoms with Crippen molar-refractivity contribution in [1.29, 1.82) is 0 Å². The number of ether oxygens (including phenoxy) is 1. The maximum absolute atomic E-state index is 13.3. The van der Waals surface area contributed by atoms with Crippen LogP contribution in [0.5, 0.6) is 5.88 Å². The van der Waals surface area contributed by atoms with Gasteiger partial charge in [0.1, 0.15) is 0 Å². The average molecular weight is 459 g/mol. The molecule has 3 heterocycles. The number of carbonyl (C=O) groups is 2. The lowest BCUT2D eigenvalue weighted by Gasteiger charge is -2.32. The van der Waals surface area contributed by atoms with Gasteiger partial charge >= 0.3 is 0 Å². The summed E-state index contributed by atoms with van der Waals surface area (Å²) < 4.78 is 7.86. The minimum absolute atomic E-state index is 0.0142. The third-order valence-electron chi connectivity index (χ3n) is 5.79. The standard InChI is InChI=1S/C22H30N6O5/c1-12(2)10-27-20-15(6-7-16(29)26-8-9-33-11-13(26)3)18(23)25-28(20)22(32)17(21(27)31)19(30)24-14-4-5-14/h6-7,12-14,32H,4-5,8-11H2,1-3H3,(H2,23,25)(H,24,30)/b7-6+/t13-/m0/s1. The third kappa shape index (κ3) is 4.45. The summed E-state index contributed by atoms with van der Waals surface area (Å²) in [5.41, 5.74) is 5.68. The molecule has 1 saturated heterocycles. The Morgan fingerprint density at radius 3 is 2.73 bits per heavy atom. The van der Waals surface area contributed by atoms with Gasteiger partial charge in [-0.1, -0.05) is 13.8 Å². The first kappa shape index (κ1) is 22.8. The van der Waals surface area contributed by atoms with Crippen LogP contribution in [-0.4, -0.2) is 67.8 Å².